The van der Waals surface area contributed by atoms with Crippen LogP contribution >= 0.6 is 11.3 Å². The van der Waals surface area contributed by atoms with Gasteiger partial charge >= 0.3 is 0 Å². The molecule has 1 aromatic carbocycles. The maximum absolute atomic E-state index is 5.00. The van der Waals surface area contributed by atoms with Gasteiger partial charge < -0.3 is 5.32 Å². The van der Waals surface area contributed by atoms with Crippen LogP contribution in [0.3, 0.4) is 0 Å². The van der Waals surface area contributed by atoms with Crippen molar-refractivity contribution < 1.29 is 0 Å². The highest BCUT2D eigenvalue weighted by molar-refractivity contribution is 7.10. The molecule has 1 saturated heterocycles. The zero-order valence-corrected chi connectivity index (χ0v) is 16.1. The first-order valence-electron chi connectivity index (χ1n) is 9.18. The van der Waals surface area contributed by atoms with E-state index in [1.165, 1.54) is 41.0 Å². The van der Waals surface area contributed by atoms with Gasteiger partial charge in [-0.1, -0.05) is 39.8 Å². The molecule has 2 nitrogen and oxygen atoms in total. The Hall–Kier alpha value is -1.19. The zero-order valence-electron chi connectivity index (χ0n) is 15.3. The third-order valence-corrected chi connectivity index (χ3v) is 6.88. The first-order chi connectivity index (χ1) is 11.4. The number of nitrogens with one attached hydrogen (secondary N) is 1. The summed E-state index contributed by atoms with van der Waals surface area (Å²) in [6, 6.07) is 7.04. The number of fused-ring (bicyclic) bond motifs is 1. The standard InChI is InChI=1S/C21H28N2S/c1-20(2)13-21(3,4)17-11-15(5-6-16(17)20)18-12-24-19(23-18)14-7-9-22-10-8-14/h5-6,11-12,14,22H,7-10,13H2,1-4H3. The molecule has 0 bridgehead atoms. The molecule has 3 heteroatoms. The van der Waals surface area contributed by atoms with Gasteiger partial charge in [-0.3, -0.25) is 0 Å². The predicted octanol–water partition coefficient (Wildman–Crippen LogP) is 5.24. The van der Waals surface area contributed by atoms with Crippen molar-refractivity contribution in [2.75, 3.05) is 13.1 Å². The predicted molar refractivity (Wildman–Crippen MR) is 103 cm³/mol. The molecular weight excluding hydrogens is 312 g/mol. The third-order valence-electron chi connectivity index (χ3n) is 5.87. The van der Waals surface area contributed by atoms with E-state index in [2.05, 4.69) is 56.6 Å². The van der Waals surface area contributed by atoms with E-state index in [1.807, 2.05) is 11.3 Å². The second-order valence-electron chi connectivity index (χ2n) is 8.80. The minimum Gasteiger partial charge on any atom is -0.317 e. The van der Waals surface area contributed by atoms with E-state index in [1.54, 1.807) is 0 Å². The van der Waals surface area contributed by atoms with Gasteiger partial charge in [0.25, 0.3) is 0 Å². The summed E-state index contributed by atoms with van der Waals surface area (Å²) in [5, 5.41) is 7.03. The van der Waals surface area contributed by atoms with E-state index in [0.29, 0.717) is 5.92 Å². The molecule has 128 valence electrons. The molecule has 0 amide bonds. The van der Waals surface area contributed by atoms with Crippen LogP contribution in [0.25, 0.3) is 11.3 Å². The Labute approximate surface area is 149 Å². The fraction of sp³-hybridized carbons (Fsp3) is 0.571. The zero-order chi connectivity index (χ0) is 16.9. The average Bonchev–Trinajstić information content (AvgIpc) is 3.10. The molecule has 4 rings (SSSR count). The van der Waals surface area contributed by atoms with Crippen molar-refractivity contribution >= 4 is 11.3 Å². The van der Waals surface area contributed by atoms with Gasteiger partial charge in [0.2, 0.25) is 0 Å². The highest BCUT2D eigenvalue weighted by Crippen LogP contribution is 2.50. The summed E-state index contributed by atoms with van der Waals surface area (Å²) in [5.41, 5.74) is 6.02. The molecular formula is C21H28N2S. The highest BCUT2D eigenvalue weighted by atomic mass is 32.1. The van der Waals surface area contributed by atoms with E-state index in [0.717, 1.165) is 18.8 Å². The molecule has 1 aliphatic carbocycles. The smallest absolute Gasteiger partial charge is 0.0964 e. The van der Waals surface area contributed by atoms with Gasteiger partial charge in [0.1, 0.15) is 0 Å². The lowest BCUT2D eigenvalue weighted by molar-refractivity contribution is 0.403. The van der Waals surface area contributed by atoms with Crippen LogP contribution in [-0.4, -0.2) is 18.1 Å². The summed E-state index contributed by atoms with van der Waals surface area (Å²) in [7, 11) is 0. The maximum Gasteiger partial charge on any atom is 0.0964 e. The van der Waals surface area contributed by atoms with Crippen LogP contribution in [0.1, 0.15) is 69.0 Å². The molecule has 1 fully saturated rings. The van der Waals surface area contributed by atoms with E-state index in [-0.39, 0.29) is 10.8 Å². The van der Waals surface area contributed by atoms with Crippen LogP contribution < -0.4 is 5.32 Å². The summed E-state index contributed by atoms with van der Waals surface area (Å²) in [4.78, 5) is 5.00. The number of thiazole rings is 1. The Balaban J connectivity index is 1.68. The summed E-state index contributed by atoms with van der Waals surface area (Å²) in [6.07, 6.45) is 3.66. The van der Waals surface area contributed by atoms with Crippen LogP contribution in [-0.2, 0) is 10.8 Å². The minimum atomic E-state index is 0.253. The van der Waals surface area contributed by atoms with Crippen molar-refractivity contribution in [3.8, 4) is 11.3 Å². The Bertz CT molecular complexity index is 751. The Morgan fingerprint density at radius 2 is 1.75 bits per heavy atom. The van der Waals surface area contributed by atoms with Crippen molar-refractivity contribution in [1.82, 2.24) is 10.3 Å². The average molecular weight is 341 g/mol. The summed E-state index contributed by atoms with van der Waals surface area (Å²) >= 11 is 1.84. The van der Waals surface area contributed by atoms with Crippen molar-refractivity contribution in [2.45, 2.75) is 63.7 Å². The molecule has 0 unspecified atom stereocenters. The molecule has 0 radical (unpaired) electrons. The highest BCUT2D eigenvalue weighted by Gasteiger charge is 2.41. The fourth-order valence-electron chi connectivity index (χ4n) is 4.83. The molecule has 0 saturated carbocycles. The summed E-state index contributed by atoms with van der Waals surface area (Å²) < 4.78 is 0. The van der Waals surface area contributed by atoms with Crippen LogP contribution in [0.15, 0.2) is 23.6 Å². The molecule has 24 heavy (non-hydrogen) atoms. The number of aromatic nitrogens is 1. The van der Waals surface area contributed by atoms with E-state index in [9.17, 15) is 0 Å². The Kier molecular flexibility index (Phi) is 3.85. The van der Waals surface area contributed by atoms with E-state index in [4.69, 9.17) is 4.98 Å². The largest absolute Gasteiger partial charge is 0.317 e. The van der Waals surface area contributed by atoms with Crippen LogP contribution in [0.5, 0.6) is 0 Å². The van der Waals surface area contributed by atoms with Gasteiger partial charge in [-0.25, -0.2) is 4.98 Å². The fourth-order valence-corrected chi connectivity index (χ4v) is 5.83. The van der Waals surface area contributed by atoms with Crippen molar-refractivity contribution in [2.24, 2.45) is 0 Å². The maximum atomic E-state index is 5.00. The van der Waals surface area contributed by atoms with Crippen molar-refractivity contribution in [3.63, 3.8) is 0 Å². The van der Waals surface area contributed by atoms with E-state index >= 15 is 0 Å². The van der Waals surface area contributed by atoms with Crippen LogP contribution in [0, 0.1) is 0 Å². The number of piperidine rings is 1. The molecule has 0 atom stereocenters. The lowest BCUT2D eigenvalue weighted by Crippen LogP contribution is -2.26. The lowest BCUT2D eigenvalue weighted by atomic mass is 9.82. The van der Waals surface area contributed by atoms with Gasteiger partial charge in [0.15, 0.2) is 0 Å². The van der Waals surface area contributed by atoms with Crippen molar-refractivity contribution in [3.05, 3.63) is 39.7 Å². The Morgan fingerprint density at radius 3 is 2.50 bits per heavy atom. The van der Waals surface area contributed by atoms with Crippen LogP contribution in [0.2, 0.25) is 0 Å². The van der Waals surface area contributed by atoms with Gasteiger partial charge in [-0.15, -0.1) is 11.3 Å². The monoisotopic (exact) mass is 340 g/mol. The van der Waals surface area contributed by atoms with Gasteiger partial charge in [-0.2, -0.15) is 0 Å². The molecule has 1 aliphatic heterocycles. The van der Waals surface area contributed by atoms with Gasteiger partial charge in [-0.05, 0) is 60.4 Å². The van der Waals surface area contributed by atoms with Crippen LogP contribution in [0.4, 0.5) is 0 Å². The Morgan fingerprint density at radius 1 is 1.04 bits per heavy atom. The number of nitrogens with zero attached hydrogens (tertiary/aromatic N) is 1. The topological polar surface area (TPSA) is 24.9 Å². The lowest BCUT2D eigenvalue weighted by Gasteiger charge is -2.22. The quantitative estimate of drug-likeness (QED) is 0.809. The first kappa shape index (κ1) is 16.3. The third kappa shape index (κ3) is 2.72. The minimum absolute atomic E-state index is 0.253. The first-order valence-corrected chi connectivity index (χ1v) is 10.1. The molecule has 2 heterocycles. The molecule has 1 N–H and O–H groups in total. The second-order valence-corrected chi connectivity index (χ2v) is 9.69. The molecule has 2 aliphatic rings. The van der Waals surface area contributed by atoms with E-state index < -0.39 is 0 Å². The summed E-state index contributed by atoms with van der Waals surface area (Å²) in [5.74, 6) is 0.648. The van der Waals surface area contributed by atoms with Crippen molar-refractivity contribution in [1.29, 1.82) is 0 Å². The SMILES string of the molecule is CC1(C)CC(C)(C)c2cc(-c3csc(C4CCNCC4)n3)ccc21. The number of hydrogen-bond donors (Lipinski definition) is 1. The molecule has 1 aromatic heterocycles. The number of benzene rings is 1. The second kappa shape index (κ2) is 5.67. The normalized spacial score (nSPS) is 22.5. The number of hydrogen-bond acceptors (Lipinski definition) is 3. The summed E-state index contributed by atoms with van der Waals surface area (Å²) in [6.45, 7) is 11.8. The number of rotatable bonds is 2. The molecule has 0 spiro atoms. The van der Waals surface area contributed by atoms with Gasteiger partial charge in [0.05, 0.1) is 10.7 Å². The van der Waals surface area contributed by atoms with Gasteiger partial charge in [0, 0.05) is 16.9 Å². The molecule has 2 aromatic rings.